The van der Waals surface area contributed by atoms with Crippen LogP contribution < -0.4 is 5.32 Å². The van der Waals surface area contributed by atoms with Crippen molar-refractivity contribution >= 4 is 11.7 Å². The van der Waals surface area contributed by atoms with Gasteiger partial charge in [-0.05, 0) is 44.4 Å². The van der Waals surface area contributed by atoms with Crippen molar-refractivity contribution in [1.82, 2.24) is 25.1 Å². The summed E-state index contributed by atoms with van der Waals surface area (Å²) in [7, 11) is 1.86. The summed E-state index contributed by atoms with van der Waals surface area (Å²) in [5.74, 6) is 1.32. The Morgan fingerprint density at radius 3 is 3.08 bits per heavy atom. The second-order valence-electron chi connectivity index (χ2n) is 6.95. The van der Waals surface area contributed by atoms with Gasteiger partial charge in [0.2, 0.25) is 0 Å². The maximum absolute atomic E-state index is 12.9. The Morgan fingerprint density at radius 1 is 1.32 bits per heavy atom. The highest BCUT2D eigenvalue weighted by molar-refractivity contribution is 5.94. The van der Waals surface area contributed by atoms with Crippen LogP contribution in [0.1, 0.15) is 46.7 Å². The lowest BCUT2D eigenvalue weighted by atomic mass is 9.93. The van der Waals surface area contributed by atoms with E-state index in [0.29, 0.717) is 11.6 Å². The van der Waals surface area contributed by atoms with Gasteiger partial charge in [-0.15, -0.1) is 0 Å². The van der Waals surface area contributed by atoms with Crippen LogP contribution in [0.5, 0.6) is 0 Å². The maximum Gasteiger partial charge on any atom is 0.274 e. The van der Waals surface area contributed by atoms with Crippen LogP contribution in [0.15, 0.2) is 12.4 Å². The first kappa shape index (κ1) is 16.1. The summed E-state index contributed by atoms with van der Waals surface area (Å²) in [6.07, 6.45) is 9.50. The summed E-state index contributed by atoms with van der Waals surface area (Å²) in [5, 5.41) is 10.5. The standard InChI is InChI=1S/C18H24N6O/c1-19-17-15(20-7-8-21-17)10-12-4-3-9-24(11-12)18(25)16-13-5-2-6-14(13)22-23-16/h7-8,12H,2-6,9-11H2,1H3,(H,19,21)(H,22,23). The number of fused-ring (bicyclic) bond motifs is 1. The molecule has 3 heterocycles. The van der Waals surface area contributed by atoms with E-state index in [0.717, 1.165) is 74.4 Å². The number of likely N-dealkylation sites (tertiary alicyclic amines) is 1. The quantitative estimate of drug-likeness (QED) is 0.887. The summed E-state index contributed by atoms with van der Waals surface area (Å²) >= 11 is 0. The molecule has 7 nitrogen and oxygen atoms in total. The van der Waals surface area contributed by atoms with Crippen LogP contribution in [0.25, 0.3) is 0 Å². The second kappa shape index (κ2) is 6.82. The molecular formula is C18H24N6O. The first-order valence-corrected chi connectivity index (χ1v) is 9.09. The normalized spacial score (nSPS) is 19.7. The van der Waals surface area contributed by atoms with E-state index in [2.05, 4.69) is 25.5 Å². The molecule has 2 aromatic heterocycles. The zero-order chi connectivity index (χ0) is 17.2. The predicted molar refractivity (Wildman–Crippen MR) is 94.5 cm³/mol. The average molecular weight is 340 g/mol. The highest BCUT2D eigenvalue weighted by Gasteiger charge is 2.30. The number of H-pyrrole nitrogens is 1. The number of aryl methyl sites for hydroxylation is 1. The fourth-order valence-electron chi connectivity index (χ4n) is 4.06. The van der Waals surface area contributed by atoms with Gasteiger partial charge in [-0.25, -0.2) is 4.98 Å². The number of piperidine rings is 1. The molecule has 2 aliphatic rings. The predicted octanol–water partition coefficient (Wildman–Crippen LogP) is 1.82. The first-order valence-electron chi connectivity index (χ1n) is 9.09. The number of anilines is 1. The van der Waals surface area contributed by atoms with Crippen LogP contribution in [0, 0.1) is 5.92 Å². The Bertz CT molecular complexity index is 771. The largest absolute Gasteiger partial charge is 0.372 e. The van der Waals surface area contributed by atoms with E-state index in [4.69, 9.17) is 0 Å². The first-order chi connectivity index (χ1) is 12.3. The average Bonchev–Trinajstić information content (AvgIpc) is 3.25. The minimum absolute atomic E-state index is 0.0806. The van der Waals surface area contributed by atoms with Gasteiger partial charge in [0.05, 0.1) is 5.69 Å². The van der Waals surface area contributed by atoms with Gasteiger partial charge >= 0.3 is 0 Å². The number of amides is 1. The molecule has 132 valence electrons. The lowest BCUT2D eigenvalue weighted by Crippen LogP contribution is -2.41. The molecule has 2 aromatic rings. The number of aromatic nitrogens is 4. The number of carbonyl (C=O) groups excluding carboxylic acids is 1. The lowest BCUT2D eigenvalue weighted by molar-refractivity contribution is 0.0666. The Hall–Kier alpha value is -2.44. The molecule has 0 spiro atoms. The lowest BCUT2D eigenvalue weighted by Gasteiger charge is -2.32. The Labute approximate surface area is 147 Å². The Kier molecular flexibility index (Phi) is 4.38. The third-order valence-electron chi connectivity index (χ3n) is 5.31. The molecule has 0 bridgehead atoms. The van der Waals surface area contributed by atoms with E-state index < -0.39 is 0 Å². The molecule has 1 fully saturated rings. The topological polar surface area (TPSA) is 86.8 Å². The third kappa shape index (κ3) is 3.10. The number of hydrogen-bond donors (Lipinski definition) is 2. The SMILES string of the molecule is CNc1nccnc1CC1CCCN(C(=O)c2n[nH]c3c2CCC3)C1. The van der Waals surface area contributed by atoms with Crippen LogP contribution in [-0.4, -0.2) is 51.1 Å². The van der Waals surface area contributed by atoms with E-state index in [9.17, 15) is 4.79 Å². The van der Waals surface area contributed by atoms with Crippen LogP contribution >= 0.6 is 0 Å². The number of nitrogens with zero attached hydrogens (tertiary/aromatic N) is 4. The van der Waals surface area contributed by atoms with Crippen LogP contribution in [-0.2, 0) is 19.3 Å². The van der Waals surface area contributed by atoms with E-state index in [1.807, 2.05) is 11.9 Å². The fourth-order valence-corrected chi connectivity index (χ4v) is 4.06. The molecule has 0 aromatic carbocycles. The number of nitrogens with one attached hydrogen (secondary N) is 2. The van der Waals surface area contributed by atoms with Gasteiger partial charge in [-0.2, -0.15) is 5.10 Å². The van der Waals surface area contributed by atoms with Crippen molar-refractivity contribution in [2.45, 2.75) is 38.5 Å². The molecule has 1 amide bonds. The van der Waals surface area contributed by atoms with Gasteiger partial charge in [-0.1, -0.05) is 0 Å². The van der Waals surface area contributed by atoms with Crippen molar-refractivity contribution in [3.05, 3.63) is 35.0 Å². The second-order valence-corrected chi connectivity index (χ2v) is 6.95. The molecule has 1 aliphatic carbocycles. The van der Waals surface area contributed by atoms with Gasteiger partial charge in [0, 0.05) is 43.8 Å². The highest BCUT2D eigenvalue weighted by atomic mass is 16.2. The molecule has 25 heavy (non-hydrogen) atoms. The van der Waals surface area contributed by atoms with Crippen molar-refractivity contribution < 1.29 is 4.79 Å². The van der Waals surface area contributed by atoms with E-state index in [1.54, 1.807) is 12.4 Å². The molecule has 1 unspecified atom stereocenters. The van der Waals surface area contributed by atoms with Crippen molar-refractivity contribution in [1.29, 1.82) is 0 Å². The summed E-state index contributed by atoms with van der Waals surface area (Å²) in [4.78, 5) is 23.7. The molecular weight excluding hydrogens is 316 g/mol. The van der Waals surface area contributed by atoms with E-state index in [1.165, 1.54) is 0 Å². The smallest absolute Gasteiger partial charge is 0.274 e. The molecule has 7 heteroatoms. The van der Waals surface area contributed by atoms with Gasteiger partial charge in [0.15, 0.2) is 5.69 Å². The van der Waals surface area contributed by atoms with E-state index in [-0.39, 0.29) is 5.91 Å². The van der Waals surface area contributed by atoms with Gasteiger partial charge in [-0.3, -0.25) is 14.9 Å². The molecule has 0 radical (unpaired) electrons. The zero-order valence-electron chi connectivity index (χ0n) is 14.6. The number of hydrogen-bond acceptors (Lipinski definition) is 5. The van der Waals surface area contributed by atoms with Gasteiger partial charge in [0.25, 0.3) is 5.91 Å². The fraction of sp³-hybridized carbons (Fsp3) is 0.556. The van der Waals surface area contributed by atoms with Crippen LogP contribution in [0.2, 0.25) is 0 Å². The Balaban J connectivity index is 1.46. The molecule has 1 aliphatic heterocycles. The summed E-state index contributed by atoms with van der Waals surface area (Å²) in [5.41, 5.74) is 3.90. The maximum atomic E-state index is 12.9. The van der Waals surface area contributed by atoms with E-state index >= 15 is 0 Å². The van der Waals surface area contributed by atoms with Crippen molar-refractivity contribution in [2.24, 2.45) is 5.92 Å². The van der Waals surface area contributed by atoms with Crippen molar-refractivity contribution in [3.8, 4) is 0 Å². The minimum Gasteiger partial charge on any atom is -0.372 e. The molecule has 4 rings (SSSR count). The monoisotopic (exact) mass is 340 g/mol. The Morgan fingerprint density at radius 2 is 2.20 bits per heavy atom. The molecule has 0 saturated carbocycles. The van der Waals surface area contributed by atoms with Gasteiger partial charge in [0.1, 0.15) is 5.82 Å². The summed E-state index contributed by atoms with van der Waals surface area (Å²) in [6.45, 7) is 1.58. The van der Waals surface area contributed by atoms with Crippen LogP contribution in [0.4, 0.5) is 5.82 Å². The van der Waals surface area contributed by atoms with Crippen LogP contribution in [0.3, 0.4) is 0 Å². The third-order valence-corrected chi connectivity index (χ3v) is 5.31. The van der Waals surface area contributed by atoms with Crippen molar-refractivity contribution in [2.75, 3.05) is 25.5 Å². The summed E-state index contributed by atoms with van der Waals surface area (Å²) in [6, 6.07) is 0. The van der Waals surface area contributed by atoms with Crippen molar-refractivity contribution in [3.63, 3.8) is 0 Å². The number of carbonyl (C=O) groups is 1. The number of rotatable bonds is 4. The minimum atomic E-state index is 0.0806. The highest BCUT2D eigenvalue weighted by Crippen LogP contribution is 2.27. The number of aromatic amines is 1. The summed E-state index contributed by atoms with van der Waals surface area (Å²) < 4.78 is 0. The molecule has 1 saturated heterocycles. The van der Waals surface area contributed by atoms with Gasteiger partial charge < -0.3 is 10.2 Å². The molecule has 1 atom stereocenters. The zero-order valence-corrected chi connectivity index (χ0v) is 14.6. The molecule has 2 N–H and O–H groups in total.